The lowest BCUT2D eigenvalue weighted by Gasteiger charge is -2.20. The van der Waals surface area contributed by atoms with Crippen LogP contribution in [0.25, 0.3) is 0 Å². The zero-order chi connectivity index (χ0) is 10.9. The Labute approximate surface area is 88.6 Å². The van der Waals surface area contributed by atoms with E-state index in [0.717, 1.165) is 24.6 Å². The summed E-state index contributed by atoms with van der Waals surface area (Å²) in [7, 11) is 2.21. The number of hydrogen-bond acceptors (Lipinski definition) is 2. The predicted molar refractivity (Wildman–Crippen MR) is 60.4 cm³/mol. The lowest BCUT2D eigenvalue weighted by Crippen LogP contribution is -2.23. The zero-order valence-corrected chi connectivity index (χ0v) is 10.4. The Balaban J connectivity index is 2.27. The number of hydrogen-bond donors (Lipinski definition) is 0. The Morgan fingerprint density at radius 2 is 1.71 bits per heavy atom. The van der Waals surface area contributed by atoms with Crippen molar-refractivity contribution in [1.29, 1.82) is 0 Å². The molecule has 0 aromatic rings. The van der Waals surface area contributed by atoms with Gasteiger partial charge in [0.05, 0.1) is 6.10 Å². The van der Waals surface area contributed by atoms with E-state index < -0.39 is 0 Å². The van der Waals surface area contributed by atoms with Crippen LogP contribution in [0, 0.1) is 11.8 Å². The third-order valence-corrected chi connectivity index (χ3v) is 3.65. The van der Waals surface area contributed by atoms with Gasteiger partial charge in [-0.1, -0.05) is 13.8 Å². The molecule has 1 aliphatic heterocycles. The van der Waals surface area contributed by atoms with Crippen LogP contribution in [0.1, 0.15) is 34.6 Å². The van der Waals surface area contributed by atoms with Crippen LogP contribution in [0.15, 0.2) is 0 Å². The van der Waals surface area contributed by atoms with E-state index in [-0.39, 0.29) is 0 Å². The van der Waals surface area contributed by atoms with Gasteiger partial charge in [-0.3, -0.25) is 4.90 Å². The van der Waals surface area contributed by atoms with Crippen LogP contribution in [0.2, 0.25) is 0 Å². The van der Waals surface area contributed by atoms with Crippen LogP contribution < -0.4 is 0 Å². The molecule has 1 fully saturated rings. The monoisotopic (exact) mass is 199 g/mol. The average molecular weight is 199 g/mol. The first-order chi connectivity index (χ1) is 6.45. The SMILES string of the molecule is CC(C)OCC(C)C(C)C1C(C)N1C. The minimum absolute atomic E-state index is 0.360. The molecule has 1 heterocycles. The first-order valence-corrected chi connectivity index (χ1v) is 5.78. The third kappa shape index (κ3) is 2.71. The topological polar surface area (TPSA) is 12.2 Å². The maximum atomic E-state index is 5.65. The van der Waals surface area contributed by atoms with Gasteiger partial charge < -0.3 is 4.74 Å². The van der Waals surface area contributed by atoms with Gasteiger partial charge in [0.25, 0.3) is 0 Å². The van der Waals surface area contributed by atoms with Gasteiger partial charge in [0.2, 0.25) is 0 Å². The van der Waals surface area contributed by atoms with E-state index >= 15 is 0 Å². The number of rotatable bonds is 5. The number of nitrogens with zero attached hydrogens (tertiary/aromatic N) is 1. The van der Waals surface area contributed by atoms with Gasteiger partial charge in [-0.25, -0.2) is 0 Å². The molecule has 5 unspecified atom stereocenters. The standard InChI is InChI=1S/C12H25NO/c1-8(2)14-7-9(3)10(4)12-11(5)13(12)6/h8-12H,7H2,1-6H3. The molecule has 0 aliphatic carbocycles. The van der Waals surface area contributed by atoms with Crippen molar-refractivity contribution in [2.45, 2.75) is 52.8 Å². The summed E-state index contributed by atoms with van der Waals surface area (Å²) in [4.78, 5) is 2.44. The normalized spacial score (nSPS) is 35.8. The Hall–Kier alpha value is -0.0800. The third-order valence-electron chi connectivity index (χ3n) is 3.65. The van der Waals surface area contributed by atoms with E-state index in [2.05, 4.69) is 46.6 Å². The Morgan fingerprint density at radius 1 is 1.21 bits per heavy atom. The fourth-order valence-electron chi connectivity index (χ4n) is 2.17. The van der Waals surface area contributed by atoms with Gasteiger partial charge in [0, 0.05) is 18.7 Å². The quantitative estimate of drug-likeness (QED) is 0.630. The van der Waals surface area contributed by atoms with Crippen molar-refractivity contribution >= 4 is 0 Å². The van der Waals surface area contributed by atoms with Gasteiger partial charge in [-0.15, -0.1) is 0 Å². The molecule has 2 heteroatoms. The van der Waals surface area contributed by atoms with Crippen LogP contribution in [-0.4, -0.2) is 36.7 Å². The molecular formula is C12H25NO. The summed E-state index contributed by atoms with van der Waals surface area (Å²) in [6.07, 6.45) is 0.360. The molecule has 0 spiro atoms. The highest BCUT2D eigenvalue weighted by Gasteiger charge is 2.45. The van der Waals surface area contributed by atoms with Gasteiger partial charge in [-0.2, -0.15) is 0 Å². The van der Waals surface area contributed by atoms with E-state index in [1.54, 1.807) is 0 Å². The Bertz CT molecular complexity index is 173. The van der Waals surface area contributed by atoms with Crippen molar-refractivity contribution < 1.29 is 4.74 Å². The lowest BCUT2D eigenvalue weighted by atomic mass is 9.92. The molecule has 84 valence electrons. The summed E-state index contributed by atoms with van der Waals surface area (Å²) >= 11 is 0. The smallest absolute Gasteiger partial charge is 0.0519 e. The number of ether oxygens (including phenoxy) is 1. The molecule has 0 bridgehead atoms. The zero-order valence-electron chi connectivity index (χ0n) is 10.4. The molecule has 0 radical (unpaired) electrons. The van der Waals surface area contributed by atoms with Crippen molar-refractivity contribution in [3.8, 4) is 0 Å². The highest BCUT2D eigenvalue weighted by Crippen LogP contribution is 2.35. The minimum Gasteiger partial charge on any atom is -0.379 e. The van der Waals surface area contributed by atoms with Gasteiger partial charge in [0.15, 0.2) is 0 Å². The van der Waals surface area contributed by atoms with E-state index in [9.17, 15) is 0 Å². The lowest BCUT2D eigenvalue weighted by molar-refractivity contribution is 0.0406. The van der Waals surface area contributed by atoms with E-state index in [0.29, 0.717) is 12.0 Å². The molecule has 0 aromatic carbocycles. The minimum atomic E-state index is 0.360. The Morgan fingerprint density at radius 3 is 2.07 bits per heavy atom. The molecule has 0 aromatic heterocycles. The van der Waals surface area contributed by atoms with Crippen LogP contribution in [-0.2, 0) is 4.74 Å². The fraction of sp³-hybridized carbons (Fsp3) is 1.00. The van der Waals surface area contributed by atoms with Crippen LogP contribution in [0.5, 0.6) is 0 Å². The van der Waals surface area contributed by atoms with E-state index in [1.165, 1.54) is 0 Å². The highest BCUT2D eigenvalue weighted by molar-refractivity contribution is 5.00. The summed E-state index contributed by atoms with van der Waals surface area (Å²) in [5.74, 6) is 1.41. The molecule has 2 nitrogen and oxygen atoms in total. The van der Waals surface area contributed by atoms with Crippen molar-refractivity contribution in [2.24, 2.45) is 11.8 Å². The first kappa shape index (κ1) is 12.0. The Kier molecular flexibility index (Phi) is 3.96. The van der Waals surface area contributed by atoms with Crippen molar-refractivity contribution in [3.63, 3.8) is 0 Å². The first-order valence-electron chi connectivity index (χ1n) is 5.78. The molecule has 14 heavy (non-hydrogen) atoms. The van der Waals surface area contributed by atoms with Crippen LogP contribution >= 0.6 is 0 Å². The van der Waals surface area contributed by atoms with Gasteiger partial charge in [-0.05, 0) is 39.7 Å². The van der Waals surface area contributed by atoms with Crippen LogP contribution in [0.3, 0.4) is 0 Å². The number of likely N-dealkylation sites (N-methyl/N-ethyl adjacent to an activating group) is 1. The summed E-state index contributed by atoms with van der Waals surface area (Å²) in [6, 6.07) is 1.55. The molecular weight excluding hydrogens is 174 g/mol. The summed E-state index contributed by atoms with van der Waals surface area (Å²) in [5, 5.41) is 0. The molecule has 5 atom stereocenters. The molecule has 0 amide bonds. The van der Waals surface area contributed by atoms with Crippen molar-refractivity contribution in [1.82, 2.24) is 4.90 Å². The average Bonchev–Trinajstić information content (AvgIpc) is 2.69. The molecule has 0 N–H and O–H groups in total. The van der Waals surface area contributed by atoms with Crippen molar-refractivity contribution in [2.75, 3.05) is 13.7 Å². The van der Waals surface area contributed by atoms with E-state index in [4.69, 9.17) is 4.74 Å². The van der Waals surface area contributed by atoms with Gasteiger partial charge >= 0.3 is 0 Å². The fourth-order valence-corrected chi connectivity index (χ4v) is 2.17. The second-order valence-corrected chi connectivity index (χ2v) is 5.12. The highest BCUT2D eigenvalue weighted by atomic mass is 16.5. The van der Waals surface area contributed by atoms with Gasteiger partial charge in [0.1, 0.15) is 0 Å². The maximum absolute atomic E-state index is 5.65. The molecule has 1 rings (SSSR count). The van der Waals surface area contributed by atoms with Crippen molar-refractivity contribution in [3.05, 3.63) is 0 Å². The largest absolute Gasteiger partial charge is 0.379 e. The predicted octanol–water partition coefficient (Wildman–Crippen LogP) is 2.39. The maximum Gasteiger partial charge on any atom is 0.0519 e. The second kappa shape index (κ2) is 4.63. The second-order valence-electron chi connectivity index (χ2n) is 5.12. The summed E-state index contributed by atoms with van der Waals surface area (Å²) in [5.41, 5.74) is 0. The van der Waals surface area contributed by atoms with E-state index in [1.807, 2.05) is 0 Å². The summed E-state index contributed by atoms with van der Waals surface area (Å²) < 4.78 is 5.65. The summed E-state index contributed by atoms with van der Waals surface area (Å²) in [6.45, 7) is 12.0. The molecule has 1 saturated heterocycles. The molecule has 1 aliphatic rings. The van der Waals surface area contributed by atoms with Crippen LogP contribution in [0.4, 0.5) is 0 Å². The molecule has 0 saturated carbocycles.